The Morgan fingerprint density at radius 1 is 0.789 bits per heavy atom. The summed E-state index contributed by atoms with van der Waals surface area (Å²) < 4.78 is 0. The van der Waals surface area contributed by atoms with Crippen LogP contribution in [0.1, 0.15) is 63.5 Å². The van der Waals surface area contributed by atoms with Crippen molar-refractivity contribution >= 4 is 5.69 Å². The Morgan fingerprint density at radius 3 is 1.84 bits per heavy atom. The van der Waals surface area contributed by atoms with E-state index in [1.807, 2.05) is 0 Å². The number of nitrogens with zero attached hydrogens (tertiary/aromatic N) is 1. The number of hydrogen-bond donors (Lipinski definition) is 0. The van der Waals surface area contributed by atoms with Gasteiger partial charge in [-0.3, -0.25) is 0 Å². The molecule has 0 aliphatic carbocycles. The second-order valence-electron chi connectivity index (χ2n) is 5.67. The molecular weight excluding hydrogens is 230 g/mol. The lowest BCUT2D eigenvalue weighted by atomic mass is 10.1. The molecule has 0 radical (unpaired) electrons. The van der Waals surface area contributed by atoms with Crippen molar-refractivity contribution in [1.82, 2.24) is 0 Å². The first kappa shape index (κ1) is 16.1. The minimum absolute atomic E-state index is 1.21. The van der Waals surface area contributed by atoms with Gasteiger partial charge in [0.25, 0.3) is 0 Å². The second kappa shape index (κ2) is 9.01. The summed E-state index contributed by atoms with van der Waals surface area (Å²) in [5.74, 6) is 0. The van der Waals surface area contributed by atoms with Crippen LogP contribution in [0.4, 0.5) is 5.69 Å². The van der Waals surface area contributed by atoms with Gasteiger partial charge >= 0.3 is 0 Å². The van der Waals surface area contributed by atoms with Crippen LogP contribution in [0.3, 0.4) is 0 Å². The molecule has 1 nitrogen and oxygen atoms in total. The van der Waals surface area contributed by atoms with Crippen molar-refractivity contribution in [3.63, 3.8) is 0 Å². The van der Waals surface area contributed by atoms with E-state index in [9.17, 15) is 0 Å². The number of hydrogen-bond acceptors (Lipinski definition) is 1. The molecule has 0 heterocycles. The zero-order valence-electron chi connectivity index (χ0n) is 13.3. The molecule has 0 saturated heterocycles. The van der Waals surface area contributed by atoms with Crippen LogP contribution in [-0.4, -0.2) is 13.1 Å². The van der Waals surface area contributed by atoms with E-state index >= 15 is 0 Å². The van der Waals surface area contributed by atoms with Crippen LogP contribution >= 0.6 is 0 Å². The summed E-state index contributed by atoms with van der Waals surface area (Å²) in [4.78, 5) is 2.58. The van der Waals surface area contributed by atoms with E-state index in [4.69, 9.17) is 0 Å². The predicted molar refractivity (Wildman–Crippen MR) is 87.2 cm³/mol. The van der Waals surface area contributed by atoms with Crippen molar-refractivity contribution in [3.8, 4) is 0 Å². The summed E-state index contributed by atoms with van der Waals surface area (Å²) >= 11 is 0. The van der Waals surface area contributed by atoms with Crippen molar-refractivity contribution in [2.75, 3.05) is 18.0 Å². The Hall–Kier alpha value is -0.980. The predicted octanol–water partition coefficient (Wildman–Crippen LogP) is 5.49. The normalized spacial score (nSPS) is 10.7. The molecule has 1 rings (SSSR count). The third-order valence-electron chi connectivity index (χ3n) is 3.92. The van der Waals surface area contributed by atoms with Gasteiger partial charge in [-0.15, -0.1) is 0 Å². The molecule has 0 spiro atoms. The molecule has 0 bridgehead atoms. The second-order valence-corrected chi connectivity index (χ2v) is 5.67. The van der Waals surface area contributed by atoms with Gasteiger partial charge in [0.1, 0.15) is 0 Å². The fourth-order valence-electron chi connectivity index (χ4n) is 2.40. The first-order chi connectivity index (χ1) is 9.19. The highest BCUT2D eigenvalue weighted by atomic mass is 15.1. The summed E-state index contributed by atoms with van der Waals surface area (Å²) in [6, 6.07) is 6.91. The quantitative estimate of drug-likeness (QED) is 0.531. The Labute approximate surface area is 120 Å². The van der Waals surface area contributed by atoms with Crippen LogP contribution in [0.15, 0.2) is 18.2 Å². The highest BCUT2D eigenvalue weighted by Gasteiger charge is 2.06. The molecule has 0 saturated carbocycles. The van der Waals surface area contributed by atoms with E-state index in [2.05, 4.69) is 50.8 Å². The minimum Gasteiger partial charge on any atom is -0.372 e. The number of anilines is 1. The SMILES string of the molecule is CCCCCN(CCCCC)c1ccc(C)c(C)c1. The molecule has 0 amide bonds. The largest absolute Gasteiger partial charge is 0.372 e. The molecule has 0 fully saturated rings. The molecule has 0 aliphatic rings. The lowest BCUT2D eigenvalue weighted by Gasteiger charge is -2.25. The summed E-state index contributed by atoms with van der Waals surface area (Å²) in [6.45, 7) is 11.4. The maximum Gasteiger partial charge on any atom is 0.0369 e. The third kappa shape index (κ3) is 5.67. The third-order valence-corrected chi connectivity index (χ3v) is 3.92. The van der Waals surface area contributed by atoms with Crippen LogP contribution in [0.25, 0.3) is 0 Å². The molecule has 0 unspecified atom stereocenters. The van der Waals surface area contributed by atoms with E-state index in [0.29, 0.717) is 0 Å². The van der Waals surface area contributed by atoms with Crippen LogP contribution in [-0.2, 0) is 0 Å². The lowest BCUT2D eigenvalue weighted by Crippen LogP contribution is -2.25. The Bertz CT molecular complexity index is 347. The first-order valence-electron chi connectivity index (χ1n) is 8.01. The van der Waals surface area contributed by atoms with Gasteiger partial charge in [-0.1, -0.05) is 45.6 Å². The van der Waals surface area contributed by atoms with E-state index in [-0.39, 0.29) is 0 Å². The molecule has 0 aliphatic heterocycles. The highest BCUT2D eigenvalue weighted by molar-refractivity contribution is 5.50. The minimum atomic E-state index is 1.21. The van der Waals surface area contributed by atoms with Gasteiger partial charge in [-0.05, 0) is 49.9 Å². The van der Waals surface area contributed by atoms with Crippen molar-refractivity contribution in [2.45, 2.75) is 66.2 Å². The number of unbranched alkanes of at least 4 members (excludes halogenated alkanes) is 4. The number of rotatable bonds is 9. The maximum atomic E-state index is 2.58. The fraction of sp³-hybridized carbons (Fsp3) is 0.667. The fourth-order valence-corrected chi connectivity index (χ4v) is 2.40. The summed E-state index contributed by atoms with van der Waals surface area (Å²) in [6.07, 6.45) is 7.92. The summed E-state index contributed by atoms with van der Waals surface area (Å²) in [5, 5.41) is 0. The molecule has 1 aromatic carbocycles. The molecular formula is C18H31N. The Balaban J connectivity index is 2.66. The van der Waals surface area contributed by atoms with Crippen LogP contribution in [0.5, 0.6) is 0 Å². The molecule has 1 aromatic rings. The van der Waals surface area contributed by atoms with Crippen LogP contribution < -0.4 is 4.90 Å². The van der Waals surface area contributed by atoms with Gasteiger partial charge in [0.15, 0.2) is 0 Å². The smallest absolute Gasteiger partial charge is 0.0369 e. The molecule has 0 atom stereocenters. The topological polar surface area (TPSA) is 3.24 Å². The Morgan fingerprint density at radius 2 is 1.37 bits per heavy atom. The monoisotopic (exact) mass is 261 g/mol. The van der Waals surface area contributed by atoms with Crippen LogP contribution in [0, 0.1) is 13.8 Å². The van der Waals surface area contributed by atoms with Crippen molar-refractivity contribution < 1.29 is 0 Å². The Kier molecular flexibility index (Phi) is 7.62. The zero-order valence-corrected chi connectivity index (χ0v) is 13.3. The van der Waals surface area contributed by atoms with Crippen molar-refractivity contribution in [3.05, 3.63) is 29.3 Å². The van der Waals surface area contributed by atoms with Crippen LogP contribution in [0.2, 0.25) is 0 Å². The van der Waals surface area contributed by atoms with Gasteiger partial charge in [0.2, 0.25) is 0 Å². The average Bonchev–Trinajstić information content (AvgIpc) is 2.41. The standard InChI is InChI=1S/C18H31N/c1-5-7-9-13-19(14-10-8-6-2)18-12-11-16(3)17(4)15-18/h11-12,15H,5-10,13-14H2,1-4H3. The van der Waals surface area contributed by atoms with Crippen molar-refractivity contribution in [2.24, 2.45) is 0 Å². The average molecular weight is 261 g/mol. The molecule has 1 heteroatoms. The van der Waals surface area contributed by atoms with Gasteiger partial charge in [0, 0.05) is 18.8 Å². The molecule has 0 aromatic heterocycles. The van der Waals surface area contributed by atoms with E-state index < -0.39 is 0 Å². The van der Waals surface area contributed by atoms with Gasteiger partial charge < -0.3 is 4.90 Å². The summed E-state index contributed by atoms with van der Waals surface area (Å²) in [5.41, 5.74) is 4.22. The highest BCUT2D eigenvalue weighted by Crippen LogP contribution is 2.20. The lowest BCUT2D eigenvalue weighted by molar-refractivity contribution is 0.636. The van der Waals surface area contributed by atoms with E-state index in [0.717, 1.165) is 0 Å². The molecule has 0 N–H and O–H groups in total. The van der Waals surface area contributed by atoms with Crippen molar-refractivity contribution in [1.29, 1.82) is 0 Å². The maximum absolute atomic E-state index is 2.58. The number of benzene rings is 1. The first-order valence-corrected chi connectivity index (χ1v) is 8.01. The van der Waals surface area contributed by atoms with Gasteiger partial charge in [-0.2, -0.15) is 0 Å². The summed E-state index contributed by atoms with van der Waals surface area (Å²) in [7, 11) is 0. The molecule has 108 valence electrons. The number of aryl methyl sites for hydroxylation is 2. The van der Waals surface area contributed by atoms with Gasteiger partial charge in [-0.25, -0.2) is 0 Å². The molecule has 19 heavy (non-hydrogen) atoms. The van der Waals surface area contributed by atoms with Gasteiger partial charge in [0.05, 0.1) is 0 Å². The zero-order chi connectivity index (χ0) is 14.1. The van der Waals surface area contributed by atoms with E-state index in [1.165, 1.54) is 68.4 Å². The van der Waals surface area contributed by atoms with E-state index in [1.54, 1.807) is 0 Å².